The van der Waals surface area contributed by atoms with E-state index in [1.54, 1.807) is 0 Å². The molecule has 2 heteroatoms. The number of rotatable bonds is 1. The van der Waals surface area contributed by atoms with Gasteiger partial charge in [0.25, 0.3) is 0 Å². The lowest BCUT2D eigenvalue weighted by atomic mass is 10.0. The van der Waals surface area contributed by atoms with Crippen molar-refractivity contribution in [3.05, 3.63) is 42.5 Å². The fraction of sp³-hybridized carbons (Fsp3) is 0.333. The number of fused-ring (bicyclic) bond motifs is 1. The van der Waals surface area contributed by atoms with E-state index in [-0.39, 0.29) is 0 Å². The number of hydrogen-bond donors (Lipinski definition) is 1. The van der Waals surface area contributed by atoms with Crippen molar-refractivity contribution in [1.82, 2.24) is 0 Å². The van der Waals surface area contributed by atoms with E-state index < -0.39 is 0 Å². The van der Waals surface area contributed by atoms with Crippen molar-refractivity contribution in [2.24, 2.45) is 5.73 Å². The molecule has 2 aromatic carbocycles. The molecule has 0 bridgehead atoms. The molecule has 0 unspecified atom stereocenters. The summed E-state index contributed by atoms with van der Waals surface area (Å²) >= 11 is 0. The second-order valence-corrected chi connectivity index (χ2v) is 4.86. The highest BCUT2D eigenvalue weighted by atomic mass is 15.1. The van der Waals surface area contributed by atoms with Gasteiger partial charge in [0.1, 0.15) is 0 Å². The Kier molecular flexibility index (Phi) is 2.73. The number of nitrogens with two attached hydrogens (primary N) is 1. The van der Waals surface area contributed by atoms with E-state index in [0.29, 0.717) is 6.04 Å². The van der Waals surface area contributed by atoms with E-state index >= 15 is 0 Å². The zero-order valence-electron chi connectivity index (χ0n) is 9.97. The Morgan fingerprint density at radius 1 is 0.941 bits per heavy atom. The van der Waals surface area contributed by atoms with Crippen LogP contribution < -0.4 is 10.6 Å². The SMILES string of the molecule is NC1CCN(c2ccc3ccccc3c2)CC1. The Balaban J connectivity index is 1.90. The third-order valence-electron chi connectivity index (χ3n) is 3.64. The minimum absolute atomic E-state index is 0.395. The largest absolute Gasteiger partial charge is 0.371 e. The fourth-order valence-corrected chi connectivity index (χ4v) is 2.53. The van der Waals surface area contributed by atoms with Crippen LogP contribution in [0, 0.1) is 0 Å². The van der Waals surface area contributed by atoms with Gasteiger partial charge in [-0.1, -0.05) is 30.3 Å². The topological polar surface area (TPSA) is 29.3 Å². The molecule has 1 aliphatic rings. The summed E-state index contributed by atoms with van der Waals surface area (Å²) in [6.07, 6.45) is 2.21. The highest BCUT2D eigenvalue weighted by molar-refractivity contribution is 5.85. The average Bonchev–Trinajstić information content (AvgIpc) is 2.39. The van der Waals surface area contributed by atoms with Gasteiger partial charge in [0, 0.05) is 24.8 Å². The molecule has 2 N–H and O–H groups in total. The van der Waals surface area contributed by atoms with Crippen molar-refractivity contribution in [3.63, 3.8) is 0 Å². The number of hydrogen-bond acceptors (Lipinski definition) is 2. The van der Waals surface area contributed by atoms with Gasteiger partial charge in [0.15, 0.2) is 0 Å². The third kappa shape index (κ3) is 2.13. The van der Waals surface area contributed by atoms with E-state index in [0.717, 1.165) is 25.9 Å². The van der Waals surface area contributed by atoms with Gasteiger partial charge in [-0.15, -0.1) is 0 Å². The van der Waals surface area contributed by atoms with Gasteiger partial charge in [0.05, 0.1) is 0 Å². The van der Waals surface area contributed by atoms with Crippen molar-refractivity contribution in [3.8, 4) is 0 Å². The Morgan fingerprint density at radius 2 is 1.65 bits per heavy atom. The van der Waals surface area contributed by atoms with Gasteiger partial charge in [0.2, 0.25) is 0 Å². The summed E-state index contributed by atoms with van der Waals surface area (Å²) in [5.41, 5.74) is 7.27. The molecule has 0 aromatic heterocycles. The van der Waals surface area contributed by atoms with E-state index in [4.69, 9.17) is 5.73 Å². The molecule has 1 heterocycles. The van der Waals surface area contributed by atoms with Crippen molar-refractivity contribution in [1.29, 1.82) is 0 Å². The smallest absolute Gasteiger partial charge is 0.0372 e. The summed E-state index contributed by atoms with van der Waals surface area (Å²) in [5, 5.41) is 2.63. The standard InChI is InChI=1S/C15H18N2/c16-14-7-9-17(10-8-14)15-6-5-12-3-1-2-4-13(12)11-15/h1-6,11,14H,7-10,16H2. The highest BCUT2D eigenvalue weighted by Gasteiger charge is 2.16. The predicted molar refractivity (Wildman–Crippen MR) is 73.4 cm³/mol. The number of anilines is 1. The van der Waals surface area contributed by atoms with E-state index in [2.05, 4.69) is 47.4 Å². The first-order valence-corrected chi connectivity index (χ1v) is 6.32. The van der Waals surface area contributed by atoms with Crippen LogP contribution in [0.3, 0.4) is 0 Å². The first kappa shape index (κ1) is 10.6. The van der Waals surface area contributed by atoms with Crippen molar-refractivity contribution in [2.75, 3.05) is 18.0 Å². The van der Waals surface area contributed by atoms with Crippen LogP contribution in [0.4, 0.5) is 5.69 Å². The molecule has 0 spiro atoms. The summed E-state index contributed by atoms with van der Waals surface area (Å²) in [5.74, 6) is 0. The maximum atomic E-state index is 5.94. The third-order valence-corrected chi connectivity index (χ3v) is 3.64. The first-order chi connectivity index (χ1) is 8.33. The molecule has 3 rings (SSSR count). The van der Waals surface area contributed by atoms with Crippen LogP contribution in [0.5, 0.6) is 0 Å². The summed E-state index contributed by atoms with van der Waals surface area (Å²) in [6, 6.07) is 15.6. The molecular weight excluding hydrogens is 208 g/mol. The number of benzene rings is 2. The number of piperidine rings is 1. The van der Waals surface area contributed by atoms with E-state index in [1.165, 1.54) is 16.5 Å². The molecule has 1 aliphatic heterocycles. The summed E-state index contributed by atoms with van der Waals surface area (Å²) in [4.78, 5) is 2.44. The zero-order chi connectivity index (χ0) is 11.7. The van der Waals surface area contributed by atoms with E-state index in [1.807, 2.05) is 0 Å². The average molecular weight is 226 g/mol. The van der Waals surface area contributed by atoms with Gasteiger partial charge in [-0.05, 0) is 35.7 Å². The molecule has 0 atom stereocenters. The second kappa shape index (κ2) is 4.38. The normalized spacial score (nSPS) is 17.6. The molecule has 0 aliphatic carbocycles. The van der Waals surface area contributed by atoms with Crippen LogP contribution in [0.15, 0.2) is 42.5 Å². The quantitative estimate of drug-likeness (QED) is 0.810. The van der Waals surface area contributed by atoms with E-state index in [9.17, 15) is 0 Å². The lowest BCUT2D eigenvalue weighted by Crippen LogP contribution is -2.39. The van der Waals surface area contributed by atoms with Gasteiger partial charge in [-0.3, -0.25) is 0 Å². The Hall–Kier alpha value is -1.54. The Labute approximate surface area is 102 Å². The van der Waals surface area contributed by atoms with Crippen molar-refractivity contribution < 1.29 is 0 Å². The molecule has 88 valence electrons. The zero-order valence-corrected chi connectivity index (χ0v) is 9.97. The Bertz CT molecular complexity index is 513. The molecule has 0 radical (unpaired) electrons. The minimum atomic E-state index is 0.395. The van der Waals surface area contributed by atoms with Crippen LogP contribution in [-0.2, 0) is 0 Å². The van der Waals surface area contributed by atoms with Crippen LogP contribution >= 0.6 is 0 Å². The molecule has 0 saturated carbocycles. The van der Waals surface area contributed by atoms with Crippen molar-refractivity contribution in [2.45, 2.75) is 18.9 Å². The molecular formula is C15H18N2. The van der Waals surface area contributed by atoms with Crippen LogP contribution in [0.25, 0.3) is 10.8 Å². The molecule has 2 nitrogen and oxygen atoms in total. The molecule has 17 heavy (non-hydrogen) atoms. The van der Waals surface area contributed by atoms with Gasteiger partial charge >= 0.3 is 0 Å². The van der Waals surface area contributed by atoms with Gasteiger partial charge in [-0.25, -0.2) is 0 Å². The Morgan fingerprint density at radius 3 is 2.41 bits per heavy atom. The number of nitrogens with zero attached hydrogens (tertiary/aromatic N) is 1. The van der Waals surface area contributed by atoms with Gasteiger partial charge < -0.3 is 10.6 Å². The summed E-state index contributed by atoms with van der Waals surface area (Å²) < 4.78 is 0. The maximum absolute atomic E-state index is 5.94. The minimum Gasteiger partial charge on any atom is -0.371 e. The summed E-state index contributed by atoms with van der Waals surface area (Å²) in [6.45, 7) is 2.17. The summed E-state index contributed by atoms with van der Waals surface area (Å²) in [7, 11) is 0. The lowest BCUT2D eigenvalue weighted by molar-refractivity contribution is 0.501. The second-order valence-electron chi connectivity index (χ2n) is 4.86. The van der Waals surface area contributed by atoms with Gasteiger partial charge in [-0.2, -0.15) is 0 Å². The maximum Gasteiger partial charge on any atom is 0.0372 e. The molecule has 0 amide bonds. The van der Waals surface area contributed by atoms with Crippen molar-refractivity contribution >= 4 is 16.5 Å². The molecule has 1 saturated heterocycles. The highest BCUT2D eigenvalue weighted by Crippen LogP contribution is 2.24. The first-order valence-electron chi connectivity index (χ1n) is 6.32. The van der Waals surface area contributed by atoms with Crippen LogP contribution in [0.2, 0.25) is 0 Å². The lowest BCUT2D eigenvalue weighted by Gasteiger charge is -2.32. The van der Waals surface area contributed by atoms with Crippen LogP contribution in [-0.4, -0.2) is 19.1 Å². The van der Waals surface area contributed by atoms with Crippen LogP contribution in [0.1, 0.15) is 12.8 Å². The fourth-order valence-electron chi connectivity index (χ4n) is 2.53. The molecule has 2 aromatic rings. The molecule has 1 fully saturated rings. The monoisotopic (exact) mass is 226 g/mol. The predicted octanol–water partition coefficient (Wildman–Crippen LogP) is 2.77.